The topological polar surface area (TPSA) is 29.5 Å². The number of hydrogen-bond donors (Lipinski definition) is 0. The molecule has 1 fully saturated rings. The van der Waals surface area contributed by atoms with Gasteiger partial charge in [-0.2, -0.15) is 0 Å². The predicted octanol–water partition coefficient (Wildman–Crippen LogP) is 3.47. The highest BCUT2D eigenvalue weighted by molar-refractivity contribution is 5.96. The minimum Gasteiger partial charge on any atom is -0.379 e. The van der Waals surface area contributed by atoms with Gasteiger partial charge in [0.2, 0.25) is 0 Å². The fourth-order valence-electron chi connectivity index (χ4n) is 3.42. The Bertz CT molecular complexity index is 668. The molecule has 0 N–H and O–H groups in total. The SMILES string of the molecule is CO[C@@H]1CCN(C(=O)c2ccccc2C)[C@H]1Cc1ccccc1. The number of amides is 1. The molecule has 3 heteroatoms. The van der Waals surface area contributed by atoms with Crippen LogP contribution in [-0.2, 0) is 11.2 Å². The van der Waals surface area contributed by atoms with Gasteiger partial charge in [-0.3, -0.25) is 4.79 Å². The van der Waals surface area contributed by atoms with E-state index in [1.165, 1.54) is 5.56 Å². The van der Waals surface area contributed by atoms with Gasteiger partial charge in [0.15, 0.2) is 0 Å². The lowest BCUT2D eigenvalue weighted by Gasteiger charge is -2.28. The van der Waals surface area contributed by atoms with Crippen LogP contribution in [0.15, 0.2) is 54.6 Å². The van der Waals surface area contributed by atoms with Crippen LogP contribution in [0.3, 0.4) is 0 Å². The largest absolute Gasteiger partial charge is 0.379 e. The number of carbonyl (C=O) groups excluding carboxylic acids is 1. The predicted molar refractivity (Wildman–Crippen MR) is 91.6 cm³/mol. The summed E-state index contributed by atoms with van der Waals surface area (Å²) in [6.45, 7) is 2.74. The highest BCUT2D eigenvalue weighted by atomic mass is 16.5. The number of likely N-dealkylation sites (tertiary alicyclic amines) is 1. The molecule has 0 unspecified atom stereocenters. The molecule has 2 aromatic carbocycles. The maximum Gasteiger partial charge on any atom is 0.254 e. The minimum atomic E-state index is 0.0921. The number of ether oxygens (including phenoxy) is 1. The Labute approximate surface area is 137 Å². The molecule has 0 aliphatic carbocycles. The quantitative estimate of drug-likeness (QED) is 0.865. The summed E-state index contributed by atoms with van der Waals surface area (Å²) in [6.07, 6.45) is 1.82. The van der Waals surface area contributed by atoms with E-state index in [0.29, 0.717) is 0 Å². The van der Waals surface area contributed by atoms with Crippen LogP contribution in [0.5, 0.6) is 0 Å². The van der Waals surface area contributed by atoms with Crippen molar-refractivity contribution in [3.63, 3.8) is 0 Å². The van der Waals surface area contributed by atoms with Gasteiger partial charge in [-0.05, 0) is 37.0 Å². The van der Waals surface area contributed by atoms with Crippen LogP contribution in [0.2, 0.25) is 0 Å². The summed E-state index contributed by atoms with van der Waals surface area (Å²) in [5, 5.41) is 0. The highest BCUT2D eigenvalue weighted by Gasteiger charge is 2.37. The number of benzene rings is 2. The van der Waals surface area contributed by atoms with Gasteiger partial charge in [-0.1, -0.05) is 48.5 Å². The summed E-state index contributed by atoms with van der Waals surface area (Å²) in [5.74, 6) is 0.114. The molecule has 1 heterocycles. The van der Waals surface area contributed by atoms with Crippen molar-refractivity contribution in [2.24, 2.45) is 0 Å². The molecule has 2 atom stereocenters. The van der Waals surface area contributed by atoms with E-state index >= 15 is 0 Å². The number of rotatable bonds is 4. The number of nitrogens with zero attached hydrogens (tertiary/aromatic N) is 1. The van der Waals surface area contributed by atoms with Crippen molar-refractivity contribution in [3.05, 3.63) is 71.3 Å². The summed E-state index contributed by atoms with van der Waals surface area (Å²) >= 11 is 0. The van der Waals surface area contributed by atoms with E-state index in [1.807, 2.05) is 54.3 Å². The van der Waals surface area contributed by atoms with Gasteiger partial charge in [-0.25, -0.2) is 0 Å². The van der Waals surface area contributed by atoms with Crippen LogP contribution >= 0.6 is 0 Å². The number of aryl methyl sites for hydroxylation is 1. The molecule has 0 radical (unpaired) electrons. The fraction of sp³-hybridized carbons (Fsp3) is 0.350. The minimum absolute atomic E-state index is 0.0921. The highest BCUT2D eigenvalue weighted by Crippen LogP contribution is 2.26. The van der Waals surface area contributed by atoms with Crippen molar-refractivity contribution >= 4 is 5.91 Å². The van der Waals surface area contributed by atoms with Gasteiger partial charge in [-0.15, -0.1) is 0 Å². The van der Waals surface area contributed by atoms with Crippen molar-refractivity contribution < 1.29 is 9.53 Å². The molecule has 0 bridgehead atoms. The van der Waals surface area contributed by atoms with Crippen LogP contribution in [0.1, 0.15) is 27.9 Å². The summed E-state index contributed by atoms with van der Waals surface area (Å²) in [6, 6.07) is 18.2. The standard InChI is InChI=1S/C20H23NO2/c1-15-8-6-7-11-17(15)20(22)21-13-12-19(23-2)18(21)14-16-9-4-3-5-10-16/h3-11,18-19H,12-14H2,1-2H3/t18-,19+/m0/s1. The molecule has 0 saturated carbocycles. The lowest BCUT2D eigenvalue weighted by molar-refractivity contribution is 0.0508. The summed E-state index contributed by atoms with van der Waals surface area (Å²) in [7, 11) is 1.74. The third-order valence-electron chi connectivity index (χ3n) is 4.71. The van der Waals surface area contributed by atoms with E-state index in [1.54, 1.807) is 7.11 Å². The van der Waals surface area contributed by atoms with Crippen molar-refractivity contribution in [1.82, 2.24) is 4.90 Å². The number of carbonyl (C=O) groups is 1. The van der Waals surface area contributed by atoms with Crippen molar-refractivity contribution in [2.75, 3.05) is 13.7 Å². The molecule has 1 aliphatic rings. The lowest BCUT2D eigenvalue weighted by atomic mass is 10.0. The summed E-state index contributed by atoms with van der Waals surface area (Å²) in [5.41, 5.74) is 3.06. The average molecular weight is 309 g/mol. The first-order valence-corrected chi connectivity index (χ1v) is 8.14. The van der Waals surface area contributed by atoms with Gasteiger partial charge in [0.25, 0.3) is 5.91 Å². The molecule has 0 spiro atoms. The third kappa shape index (κ3) is 3.30. The van der Waals surface area contributed by atoms with Crippen LogP contribution in [-0.4, -0.2) is 36.6 Å². The molecule has 3 nitrogen and oxygen atoms in total. The lowest BCUT2D eigenvalue weighted by Crippen LogP contribution is -2.41. The first-order valence-electron chi connectivity index (χ1n) is 8.14. The molecule has 1 aliphatic heterocycles. The first kappa shape index (κ1) is 15.8. The Morgan fingerprint density at radius 1 is 1.13 bits per heavy atom. The number of hydrogen-bond acceptors (Lipinski definition) is 2. The Morgan fingerprint density at radius 2 is 1.83 bits per heavy atom. The van der Waals surface area contributed by atoms with Crippen molar-refractivity contribution in [2.45, 2.75) is 31.9 Å². The van der Waals surface area contributed by atoms with E-state index < -0.39 is 0 Å². The monoisotopic (exact) mass is 309 g/mol. The Kier molecular flexibility index (Phi) is 4.77. The molecular weight excluding hydrogens is 286 g/mol. The summed E-state index contributed by atoms with van der Waals surface area (Å²) < 4.78 is 5.65. The molecule has 23 heavy (non-hydrogen) atoms. The van der Waals surface area contributed by atoms with Crippen molar-refractivity contribution in [3.8, 4) is 0 Å². The molecular formula is C20H23NO2. The summed E-state index contributed by atoms with van der Waals surface area (Å²) in [4.78, 5) is 15.0. The van der Waals surface area contributed by atoms with Gasteiger partial charge < -0.3 is 9.64 Å². The average Bonchev–Trinajstić information content (AvgIpc) is 2.98. The normalized spacial score (nSPS) is 20.7. The van der Waals surface area contributed by atoms with E-state index in [2.05, 4.69) is 12.1 Å². The van der Waals surface area contributed by atoms with E-state index in [9.17, 15) is 4.79 Å². The smallest absolute Gasteiger partial charge is 0.254 e. The van der Waals surface area contributed by atoms with Crippen LogP contribution in [0, 0.1) is 6.92 Å². The first-order chi connectivity index (χ1) is 11.2. The van der Waals surface area contributed by atoms with E-state index in [0.717, 1.165) is 30.5 Å². The van der Waals surface area contributed by atoms with Gasteiger partial charge >= 0.3 is 0 Å². The van der Waals surface area contributed by atoms with Gasteiger partial charge in [0.1, 0.15) is 0 Å². The zero-order valence-corrected chi connectivity index (χ0v) is 13.7. The second kappa shape index (κ2) is 6.97. The number of methoxy groups -OCH3 is 1. The molecule has 0 aromatic heterocycles. The van der Waals surface area contributed by atoms with Crippen LogP contribution in [0.25, 0.3) is 0 Å². The van der Waals surface area contributed by atoms with Gasteiger partial charge in [0, 0.05) is 19.2 Å². The Hall–Kier alpha value is -2.13. The van der Waals surface area contributed by atoms with Crippen LogP contribution < -0.4 is 0 Å². The maximum absolute atomic E-state index is 13.0. The second-order valence-electron chi connectivity index (χ2n) is 6.13. The van der Waals surface area contributed by atoms with Gasteiger partial charge in [0.05, 0.1) is 12.1 Å². The fourth-order valence-corrected chi connectivity index (χ4v) is 3.42. The molecule has 1 saturated heterocycles. The Balaban J connectivity index is 1.85. The molecule has 120 valence electrons. The van der Waals surface area contributed by atoms with E-state index in [4.69, 9.17) is 4.74 Å². The van der Waals surface area contributed by atoms with E-state index in [-0.39, 0.29) is 18.1 Å². The van der Waals surface area contributed by atoms with Crippen molar-refractivity contribution in [1.29, 1.82) is 0 Å². The molecule has 1 amide bonds. The zero-order chi connectivity index (χ0) is 16.2. The molecule has 2 aromatic rings. The second-order valence-corrected chi connectivity index (χ2v) is 6.13. The molecule has 3 rings (SSSR count). The maximum atomic E-state index is 13.0. The Morgan fingerprint density at radius 3 is 2.52 bits per heavy atom. The zero-order valence-electron chi connectivity index (χ0n) is 13.7. The third-order valence-corrected chi connectivity index (χ3v) is 4.71. The van der Waals surface area contributed by atoms with Crippen LogP contribution in [0.4, 0.5) is 0 Å².